The number of aromatic nitrogens is 2. The van der Waals surface area contributed by atoms with Crippen LogP contribution in [0.25, 0.3) is 0 Å². The van der Waals surface area contributed by atoms with Crippen molar-refractivity contribution in [2.45, 2.75) is 31.3 Å². The minimum absolute atomic E-state index is 0.234. The highest BCUT2D eigenvalue weighted by atomic mass is 32.2. The number of nitrogens with two attached hydrogens (primary N) is 1. The molecule has 0 aliphatic heterocycles. The van der Waals surface area contributed by atoms with Gasteiger partial charge in [-0.2, -0.15) is 5.10 Å². The zero-order chi connectivity index (χ0) is 15.5. The number of rotatable bonds is 6. The van der Waals surface area contributed by atoms with Gasteiger partial charge in [-0.1, -0.05) is 19.1 Å². The van der Waals surface area contributed by atoms with Gasteiger partial charge in [-0.3, -0.25) is 4.68 Å². The average Bonchev–Trinajstić information content (AvgIpc) is 2.85. The molecule has 0 radical (unpaired) electrons. The van der Waals surface area contributed by atoms with Crippen molar-refractivity contribution in [1.29, 1.82) is 0 Å². The van der Waals surface area contributed by atoms with Crippen molar-refractivity contribution in [2.24, 2.45) is 12.8 Å². The maximum atomic E-state index is 12.2. The summed E-state index contributed by atoms with van der Waals surface area (Å²) in [4.78, 5) is 0.238. The second-order valence-electron chi connectivity index (χ2n) is 4.80. The molecule has 0 spiro atoms. The number of benzene rings is 1. The highest BCUT2D eigenvalue weighted by Gasteiger charge is 2.15. The monoisotopic (exact) mass is 308 g/mol. The summed E-state index contributed by atoms with van der Waals surface area (Å²) in [5.74, 6) is 0. The quantitative estimate of drug-likeness (QED) is 0.830. The number of aryl methyl sites for hydroxylation is 2. The standard InChI is InChI=1S/C14H20N4O2S/c1-3-14-12(10-18(2)17-14)9-16-21(19,20)13-6-4-11(8-15)5-7-13/h4-7,10,16H,3,8-9,15H2,1-2H3. The van der Waals surface area contributed by atoms with E-state index in [9.17, 15) is 8.42 Å². The van der Waals surface area contributed by atoms with Gasteiger partial charge in [-0.25, -0.2) is 13.1 Å². The largest absolute Gasteiger partial charge is 0.326 e. The van der Waals surface area contributed by atoms with Crippen molar-refractivity contribution < 1.29 is 8.42 Å². The first-order chi connectivity index (χ1) is 9.96. The van der Waals surface area contributed by atoms with Gasteiger partial charge < -0.3 is 5.73 Å². The molecule has 1 heterocycles. The van der Waals surface area contributed by atoms with Crippen LogP contribution >= 0.6 is 0 Å². The van der Waals surface area contributed by atoms with Crippen molar-refractivity contribution in [3.05, 3.63) is 47.3 Å². The average molecular weight is 308 g/mol. The lowest BCUT2D eigenvalue weighted by molar-refractivity contribution is 0.581. The summed E-state index contributed by atoms with van der Waals surface area (Å²) < 4.78 is 28.8. The van der Waals surface area contributed by atoms with Gasteiger partial charge in [-0.15, -0.1) is 0 Å². The third-order valence-electron chi connectivity index (χ3n) is 3.25. The van der Waals surface area contributed by atoms with Crippen molar-refractivity contribution in [3.8, 4) is 0 Å². The van der Waals surface area contributed by atoms with Gasteiger partial charge in [0.25, 0.3) is 0 Å². The third kappa shape index (κ3) is 3.69. The van der Waals surface area contributed by atoms with Gasteiger partial charge >= 0.3 is 0 Å². The van der Waals surface area contributed by atoms with Crippen LogP contribution < -0.4 is 10.5 Å². The highest BCUT2D eigenvalue weighted by molar-refractivity contribution is 7.89. The Kier molecular flexibility index (Phi) is 4.76. The van der Waals surface area contributed by atoms with Gasteiger partial charge in [-0.05, 0) is 24.1 Å². The molecule has 0 saturated carbocycles. The van der Waals surface area contributed by atoms with Crippen molar-refractivity contribution >= 4 is 10.0 Å². The molecule has 2 aromatic rings. The third-order valence-corrected chi connectivity index (χ3v) is 4.67. The van der Waals surface area contributed by atoms with Crippen LogP contribution in [0.5, 0.6) is 0 Å². The smallest absolute Gasteiger partial charge is 0.240 e. The molecule has 2 rings (SSSR count). The maximum Gasteiger partial charge on any atom is 0.240 e. The predicted octanol–water partition coefficient (Wildman–Crippen LogP) is 0.920. The Hall–Kier alpha value is -1.70. The second-order valence-corrected chi connectivity index (χ2v) is 6.57. The lowest BCUT2D eigenvalue weighted by Crippen LogP contribution is -2.23. The molecule has 6 nitrogen and oxygen atoms in total. The number of hydrogen-bond donors (Lipinski definition) is 2. The molecule has 0 amide bonds. The molecule has 1 aromatic heterocycles. The Balaban J connectivity index is 2.13. The maximum absolute atomic E-state index is 12.2. The molecule has 0 saturated heterocycles. The van der Waals surface area contributed by atoms with E-state index in [1.54, 1.807) is 28.9 Å². The van der Waals surface area contributed by atoms with E-state index in [4.69, 9.17) is 5.73 Å². The van der Waals surface area contributed by atoms with Crippen molar-refractivity contribution in [3.63, 3.8) is 0 Å². The lowest BCUT2D eigenvalue weighted by atomic mass is 10.2. The van der Waals surface area contributed by atoms with Crippen LogP contribution in [-0.4, -0.2) is 18.2 Å². The van der Waals surface area contributed by atoms with E-state index >= 15 is 0 Å². The molecule has 21 heavy (non-hydrogen) atoms. The van der Waals surface area contributed by atoms with E-state index in [0.29, 0.717) is 6.54 Å². The highest BCUT2D eigenvalue weighted by Crippen LogP contribution is 2.12. The van der Waals surface area contributed by atoms with Crippen LogP contribution in [0, 0.1) is 0 Å². The van der Waals surface area contributed by atoms with Gasteiger partial charge in [0, 0.05) is 31.9 Å². The summed E-state index contributed by atoms with van der Waals surface area (Å²) in [6, 6.07) is 6.56. The van der Waals surface area contributed by atoms with E-state index in [1.807, 2.05) is 20.2 Å². The Morgan fingerprint density at radius 2 is 1.95 bits per heavy atom. The van der Waals surface area contributed by atoms with Crippen LogP contribution in [0.2, 0.25) is 0 Å². The minimum atomic E-state index is -3.53. The molecule has 0 bridgehead atoms. The van der Waals surface area contributed by atoms with E-state index < -0.39 is 10.0 Å². The van der Waals surface area contributed by atoms with Crippen LogP contribution in [-0.2, 0) is 36.6 Å². The molecule has 114 valence electrons. The Labute approximate surface area is 125 Å². The first-order valence-corrected chi connectivity index (χ1v) is 8.24. The van der Waals surface area contributed by atoms with Crippen LogP contribution in [0.4, 0.5) is 0 Å². The summed E-state index contributed by atoms with van der Waals surface area (Å²) in [6.45, 7) is 2.62. The molecule has 0 aliphatic carbocycles. The fourth-order valence-corrected chi connectivity index (χ4v) is 3.10. The topological polar surface area (TPSA) is 90.0 Å². The number of sulfonamides is 1. The summed E-state index contributed by atoms with van der Waals surface area (Å²) >= 11 is 0. The number of nitrogens with one attached hydrogen (secondary N) is 1. The van der Waals surface area contributed by atoms with E-state index in [-0.39, 0.29) is 11.4 Å². The van der Waals surface area contributed by atoms with Gasteiger partial charge in [0.1, 0.15) is 0 Å². The van der Waals surface area contributed by atoms with Crippen LogP contribution in [0.15, 0.2) is 35.4 Å². The van der Waals surface area contributed by atoms with E-state index in [1.165, 1.54) is 0 Å². The normalized spacial score (nSPS) is 11.8. The Morgan fingerprint density at radius 3 is 2.52 bits per heavy atom. The molecule has 3 N–H and O–H groups in total. The molecule has 0 fully saturated rings. The zero-order valence-electron chi connectivity index (χ0n) is 12.2. The minimum Gasteiger partial charge on any atom is -0.326 e. The van der Waals surface area contributed by atoms with Gasteiger partial charge in [0.15, 0.2) is 0 Å². The summed E-state index contributed by atoms with van der Waals surface area (Å²) in [6.07, 6.45) is 2.60. The first-order valence-electron chi connectivity index (χ1n) is 6.76. The Morgan fingerprint density at radius 1 is 1.29 bits per heavy atom. The first kappa shape index (κ1) is 15.7. The SMILES string of the molecule is CCc1nn(C)cc1CNS(=O)(=O)c1ccc(CN)cc1. The lowest BCUT2D eigenvalue weighted by Gasteiger charge is -2.07. The Bertz CT molecular complexity index is 705. The number of hydrogen-bond acceptors (Lipinski definition) is 4. The molecular formula is C14H20N4O2S. The van der Waals surface area contributed by atoms with Crippen molar-refractivity contribution in [1.82, 2.24) is 14.5 Å². The summed E-state index contributed by atoms with van der Waals surface area (Å²) in [7, 11) is -1.70. The van der Waals surface area contributed by atoms with Gasteiger partial charge in [0.2, 0.25) is 10.0 Å². The van der Waals surface area contributed by atoms with Crippen molar-refractivity contribution in [2.75, 3.05) is 0 Å². The van der Waals surface area contributed by atoms with Crippen LogP contribution in [0.3, 0.4) is 0 Å². The van der Waals surface area contributed by atoms with Crippen LogP contribution in [0.1, 0.15) is 23.7 Å². The number of nitrogens with zero attached hydrogens (tertiary/aromatic N) is 2. The second kappa shape index (κ2) is 6.38. The van der Waals surface area contributed by atoms with E-state index in [2.05, 4.69) is 9.82 Å². The fraction of sp³-hybridized carbons (Fsp3) is 0.357. The summed E-state index contributed by atoms with van der Waals surface area (Å²) in [5, 5.41) is 4.29. The van der Waals surface area contributed by atoms with E-state index in [0.717, 1.165) is 23.2 Å². The van der Waals surface area contributed by atoms with Gasteiger partial charge in [0.05, 0.1) is 10.6 Å². The molecule has 0 atom stereocenters. The molecule has 1 aromatic carbocycles. The zero-order valence-corrected chi connectivity index (χ0v) is 13.0. The summed E-state index contributed by atoms with van der Waals surface area (Å²) in [5.41, 5.74) is 8.19. The molecule has 7 heteroatoms. The molecule has 0 unspecified atom stereocenters. The molecule has 0 aliphatic rings. The predicted molar refractivity (Wildman–Crippen MR) is 80.9 cm³/mol. The fourth-order valence-electron chi connectivity index (χ4n) is 2.09. The molecular weight excluding hydrogens is 288 g/mol.